The van der Waals surface area contributed by atoms with Gasteiger partial charge in [0.05, 0.1) is 18.7 Å². The zero-order valence-electron chi connectivity index (χ0n) is 15.1. The lowest BCUT2D eigenvalue weighted by molar-refractivity contribution is 0.0150. The van der Waals surface area contributed by atoms with Gasteiger partial charge in [-0.2, -0.15) is 0 Å². The summed E-state index contributed by atoms with van der Waals surface area (Å²) < 4.78 is 5.51. The van der Waals surface area contributed by atoms with E-state index in [1.807, 2.05) is 6.07 Å². The number of nitrogens with one attached hydrogen (secondary N) is 1. The highest BCUT2D eigenvalue weighted by Crippen LogP contribution is 2.20. The molecule has 1 fully saturated rings. The normalized spacial score (nSPS) is 17.3. The Labute approximate surface area is 145 Å². The predicted octanol–water partition coefficient (Wildman–Crippen LogP) is 3.70. The second-order valence-corrected chi connectivity index (χ2v) is 7.15. The topological polar surface area (TPSA) is 37.4 Å². The first-order valence-corrected chi connectivity index (χ1v) is 9.05. The number of benzene rings is 1. The van der Waals surface area contributed by atoms with Crippen molar-refractivity contribution in [2.75, 3.05) is 38.2 Å². The molecule has 2 aromatic rings. The Morgan fingerprint density at radius 3 is 2.71 bits per heavy atom. The number of para-hydroxylation sites is 1. The number of morpholine rings is 1. The number of nitrogens with zero attached hydrogens (tertiary/aromatic N) is 2. The molecule has 24 heavy (non-hydrogen) atoms. The van der Waals surface area contributed by atoms with Crippen LogP contribution in [-0.2, 0) is 4.74 Å². The lowest BCUT2D eigenvalue weighted by Gasteiger charge is -2.35. The molecule has 2 heterocycles. The largest absolute Gasteiger partial charge is 0.379 e. The highest BCUT2D eigenvalue weighted by molar-refractivity contribution is 5.83. The first-order valence-electron chi connectivity index (χ1n) is 9.05. The molecule has 4 nitrogen and oxygen atoms in total. The maximum Gasteiger partial charge on any atom is 0.126 e. The van der Waals surface area contributed by atoms with Gasteiger partial charge in [0.1, 0.15) is 5.82 Å². The lowest BCUT2D eigenvalue weighted by atomic mass is 10.0. The van der Waals surface area contributed by atoms with Crippen LogP contribution in [0.4, 0.5) is 5.82 Å². The Balaban J connectivity index is 1.71. The number of hydrogen-bond donors (Lipinski definition) is 1. The van der Waals surface area contributed by atoms with Gasteiger partial charge >= 0.3 is 0 Å². The van der Waals surface area contributed by atoms with Gasteiger partial charge in [-0.15, -0.1) is 0 Å². The van der Waals surface area contributed by atoms with Crippen molar-refractivity contribution < 1.29 is 4.74 Å². The maximum absolute atomic E-state index is 5.51. The molecule has 0 amide bonds. The van der Waals surface area contributed by atoms with Crippen molar-refractivity contribution in [3.63, 3.8) is 0 Å². The van der Waals surface area contributed by atoms with Crippen LogP contribution in [0.3, 0.4) is 0 Å². The van der Waals surface area contributed by atoms with E-state index in [9.17, 15) is 0 Å². The molecule has 1 unspecified atom stereocenters. The van der Waals surface area contributed by atoms with Gasteiger partial charge in [0.2, 0.25) is 0 Å². The molecule has 1 saturated heterocycles. The van der Waals surface area contributed by atoms with Crippen molar-refractivity contribution in [1.29, 1.82) is 0 Å². The fourth-order valence-electron chi connectivity index (χ4n) is 3.51. The lowest BCUT2D eigenvalue weighted by Crippen LogP contribution is -2.47. The molecule has 4 heteroatoms. The molecule has 1 aliphatic heterocycles. The average molecular weight is 327 g/mol. The first kappa shape index (κ1) is 17.2. The third kappa shape index (κ3) is 4.25. The molecule has 1 aromatic heterocycles. The van der Waals surface area contributed by atoms with E-state index in [1.54, 1.807) is 0 Å². The van der Waals surface area contributed by atoms with Crippen molar-refractivity contribution in [3.8, 4) is 0 Å². The van der Waals surface area contributed by atoms with Crippen LogP contribution in [-0.4, -0.2) is 48.8 Å². The van der Waals surface area contributed by atoms with Crippen molar-refractivity contribution in [2.45, 2.75) is 33.2 Å². The van der Waals surface area contributed by atoms with Gasteiger partial charge in [0, 0.05) is 31.1 Å². The first-order chi connectivity index (χ1) is 11.6. The van der Waals surface area contributed by atoms with Gasteiger partial charge in [0.25, 0.3) is 0 Å². The third-order valence-corrected chi connectivity index (χ3v) is 4.75. The zero-order chi connectivity index (χ0) is 16.9. The average Bonchev–Trinajstić information content (AvgIpc) is 2.59. The van der Waals surface area contributed by atoms with E-state index in [1.165, 1.54) is 17.4 Å². The molecule has 0 bridgehead atoms. The van der Waals surface area contributed by atoms with Crippen molar-refractivity contribution >= 4 is 16.7 Å². The summed E-state index contributed by atoms with van der Waals surface area (Å²) in [6, 6.07) is 11.0. The quantitative estimate of drug-likeness (QED) is 0.878. The van der Waals surface area contributed by atoms with E-state index in [4.69, 9.17) is 9.72 Å². The molecule has 1 aliphatic rings. The van der Waals surface area contributed by atoms with Gasteiger partial charge < -0.3 is 10.1 Å². The minimum Gasteiger partial charge on any atom is -0.379 e. The summed E-state index contributed by atoms with van der Waals surface area (Å²) >= 11 is 0. The zero-order valence-corrected chi connectivity index (χ0v) is 15.1. The number of anilines is 1. The number of ether oxygens (including phenoxy) is 1. The molecular weight excluding hydrogens is 298 g/mol. The number of aryl methyl sites for hydroxylation is 1. The van der Waals surface area contributed by atoms with E-state index in [2.05, 4.69) is 55.3 Å². The Hall–Kier alpha value is -1.65. The van der Waals surface area contributed by atoms with E-state index >= 15 is 0 Å². The summed E-state index contributed by atoms with van der Waals surface area (Å²) in [6.07, 6.45) is 1.19. The predicted molar refractivity (Wildman–Crippen MR) is 101 cm³/mol. The molecule has 0 radical (unpaired) electrons. The monoisotopic (exact) mass is 327 g/mol. The number of rotatable bonds is 6. The van der Waals surface area contributed by atoms with Gasteiger partial charge in [-0.1, -0.05) is 32.0 Å². The van der Waals surface area contributed by atoms with Gasteiger partial charge in [-0.25, -0.2) is 4.98 Å². The van der Waals surface area contributed by atoms with Crippen LogP contribution in [0.2, 0.25) is 0 Å². The molecule has 1 N–H and O–H groups in total. The molecule has 0 spiro atoms. The SMILES string of the molecule is Cc1cc(NCC(CC(C)C)N2CCOCC2)nc2ccccc12. The van der Waals surface area contributed by atoms with Crippen LogP contribution in [0.5, 0.6) is 0 Å². The molecule has 1 atom stereocenters. The van der Waals surface area contributed by atoms with E-state index in [-0.39, 0.29) is 0 Å². The van der Waals surface area contributed by atoms with Crippen LogP contribution in [0.15, 0.2) is 30.3 Å². The van der Waals surface area contributed by atoms with Crippen LogP contribution in [0.25, 0.3) is 10.9 Å². The van der Waals surface area contributed by atoms with Gasteiger partial charge in [0.15, 0.2) is 0 Å². The summed E-state index contributed by atoms with van der Waals surface area (Å²) in [7, 11) is 0. The third-order valence-electron chi connectivity index (χ3n) is 4.75. The summed E-state index contributed by atoms with van der Waals surface area (Å²) in [5.41, 5.74) is 2.33. The molecule has 3 rings (SSSR count). The summed E-state index contributed by atoms with van der Waals surface area (Å²) in [5, 5.41) is 4.82. The molecule has 0 aliphatic carbocycles. The van der Waals surface area contributed by atoms with E-state index in [0.717, 1.165) is 44.2 Å². The smallest absolute Gasteiger partial charge is 0.126 e. The van der Waals surface area contributed by atoms with Crippen LogP contribution in [0, 0.1) is 12.8 Å². The van der Waals surface area contributed by atoms with Gasteiger partial charge in [-0.3, -0.25) is 4.90 Å². The molecular formula is C20H29N3O. The Kier molecular flexibility index (Phi) is 5.69. The van der Waals surface area contributed by atoms with Gasteiger partial charge in [-0.05, 0) is 37.0 Å². The number of hydrogen-bond acceptors (Lipinski definition) is 4. The molecule has 0 saturated carbocycles. The highest BCUT2D eigenvalue weighted by Gasteiger charge is 2.21. The Morgan fingerprint density at radius 1 is 1.21 bits per heavy atom. The number of pyridine rings is 1. The van der Waals surface area contributed by atoms with Crippen molar-refractivity contribution in [1.82, 2.24) is 9.88 Å². The van der Waals surface area contributed by atoms with Crippen LogP contribution in [0.1, 0.15) is 25.8 Å². The van der Waals surface area contributed by atoms with Crippen molar-refractivity contribution in [3.05, 3.63) is 35.9 Å². The second-order valence-electron chi connectivity index (χ2n) is 7.15. The summed E-state index contributed by atoms with van der Waals surface area (Å²) in [4.78, 5) is 7.34. The standard InChI is InChI=1S/C20H29N3O/c1-15(2)12-17(23-8-10-24-11-9-23)14-21-20-13-16(3)18-6-4-5-7-19(18)22-20/h4-7,13,15,17H,8-12,14H2,1-3H3,(H,21,22). The highest BCUT2D eigenvalue weighted by atomic mass is 16.5. The fourth-order valence-corrected chi connectivity index (χ4v) is 3.51. The Bertz CT molecular complexity index is 665. The second kappa shape index (κ2) is 7.95. The van der Waals surface area contributed by atoms with Crippen LogP contribution >= 0.6 is 0 Å². The maximum atomic E-state index is 5.51. The minimum absolute atomic E-state index is 0.530. The molecule has 130 valence electrons. The fraction of sp³-hybridized carbons (Fsp3) is 0.550. The minimum atomic E-state index is 0.530. The Morgan fingerprint density at radius 2 is 1.96 bits per heavy atom. The summed E-state index contributed by atoms with van der Waals surface area (Å²) in [6.45, 7) is 11.4. The molecule has 1 aromatic carbocycles. The summed E-state index contributed by atoms with van der Waals surface area (Å²) in [5.74, 6) is 1.67. The number of aromatic nitrogens is 1. The number of fused-ring (bicyclic) bond motifs is 1. The van der Waals surface area contributed by atoms with E-state index in [0.29, 0.717) is 12.0 Å². The van der Waals surface area contributed by atoms with E-state index < -0.39 is 0 Å². The van der Waals surface area contributed by atoms with Crippen LogP contribution < -0.4 is 5.32 Å². The van der Waals surface area contributed by atoms with Crippen molar-refractivity contribution in [2.24, 2.45) is 5.92 Å².